The molecule has 0 bridgehead atoms. The first kappa shape index (κ1) is 18.0. The van der Waals surface area contributed by atoms with Gasteiger partial charge in [0.25, 0.3) is 5.91 Å². The summed E-state index contributed by atoms with van der Waals surface area (Å²) < 4.78 is 21.9. The number of carbonyl (C=O) groups is 1. The number of aliphatic hydroxyl groups excluding tert-OH is 1. The van der Waals surface area contributed by atoms with E-state index in [9.17, 15) is 9.00 Å². The largest absolute Gasteiger partial charge is 0.493 e. The van der Waals surface area contributed by atoms with Gasteiger partial charge >= 0.3 is 0 Å². The van der Waals surface area contributed by atoms with Crippen molar-refractivity contribution in [2.45, 2.75) is 4.90 Å². The first-order valence-electron chi connectivity index (χ1n) is 7.21. The van der Waals surface area contributed by atoms with Crippen LogP contribution >= 0.6 is 0 Å². The molecule has 0 spiro atoms. The standard InChI is InChI=1S/C17H19NO5S/c1-22-15-8-3-12(11-16(15)23-10-9-19)17(20)18-13-4-6-14(7-5-13)24(2)21/h3-8,11,19H,9-10H2,1-2H3,(H,18,20). The molecule has 0 heterocycles. The summed E-state index contributed by atoms with van der Waals surface area (Å²) in [6, 6.07) is 11.6. The lowest BCUT2D eigenvalue weighted by Gasteiger charge is -2.12. The minimum absolute atomic E-state index is 0.108. The fraction of sp³-hybridized carbons (Fsp3) is 0.235. The molecule has 2 rings (SSSR count). The highest BCUT2D eigenvalue weighted by atomic mass is 32.2. The molecule has 2 aromatic carbocycles. The molecule has 6 nitrogen and oxygen atoms in total. The zero-order valence-corrected chi connectivity index (χ0v) is 14.3. The minimum atomic E-state index is -1.06. The lowest BCUT2D eigenvalue weighted by Crippen LogP contribution is -2.12. The van der Waals surface area contributed by atoms with Gasteiger partial charge in [-0.05, 0) is 42.5 Å². The molecule has 1 amide bonds. The third-order valence-electron chi connectivity index (χ3n) is 3.22. The molecule has 7 heteroatoms. The van der Waals surface area contributed by atoms with Crippen LogP contribution in [0.1, 0.15) is 10.4 Å². The van der Waals surface area contributed by atoms with Gasteiger partial charge < -0.3 is 19.9 Å². The van der Waals surface area contributed by atoms with Gasteiger partial charge in [-0.1, -0.05) is 0 Å². The molecule has 2 N–H and O–H groups in total. The van der Waals surface area contributed by atoms with Crippen molar-refractivity contribution in [1.29, 1.82) is 0 Å². The number of ether oxygens (including phenoxy) is 2. The van der Waals surface area contributed by atoms with Gasteiger partial charge in [-0.2, -0.15) is 0 Å². The van der Waals surface area contributed by atoms with Crippen molar-refractivity contribution in [3.63, 3.8) is 0 Å². The first-order chi connectivity index (χ1) is 11.5. The van der Waals surface area contributed by atoms with Crippen molar-refractivity contribution in [2.24, 2.45) is 0 Å². The Hall–Kier alpha value is -2.38. The van der Waals surface area contributed by atoms with E-state index < -0.39 is 10.8 Å². The SMILES string of the molecule is COc1ccc(C(=O)Nc2ccc(S(C)=O)cc2)cc1OCCO. The summed E-state index contributed by atoms with van der Waals surface area (Å²) in [6.07, 6.45) is 1.60. The van der Waals surface area contributed by atoms with Crippen LogP contribution in [0.25, 0.3) is 0 Å². The van der Waals surface area contributed by atoms with Crippen molar-refractivity contribution in [3.05, 3.63) is 48.0 Å². The Bertz CT molecular complexity index is 730. The Morgan fingerprint density at radius 3 is 2.46 bits per heavy atom. The van der Waals surface area contributed by atoms with Gasteiger partial charge in [-0.15, -0.1) is 0 Å². The second kappa shape index (κ2) is 8.47. The van der Waals surface area contributed by atoms with Gasteiger partial charge in [-0.25, -0.2) is 0 Å². The van der Waals surface area contributed by atoms with Gasteiger partial charge in [-0.3, -0.25) is 9.00 Å². The Morgan fingerprint density at radius 2 is 1.88 bits per heavy atom. The maximum atomic E-state index is 12.3. The van der Waals surface area contributed by atoms with E-state index in [2.05, 4.69) is 5.32 Å². The summed E-state index contributed by atoms with van der Waals surface area (Å²) in [4.78, 5) is 13.0. The van der Waals surface area contributed by atoms with Crippen molar-refractivity contribution >= 4 is 22.4 Å². The zero-order chi connectivity index (χ0) is 17.5. The molecule has 2 aromatic rings. The van der Waals surface area contributed by atoms with Crippen LogP contribution in [0, 0.1) is 0 Å². The number of rotatable bonds is 7. The van der Waals surface area contributed by atoms with E-state index in [-0.39, 0.29) is 19.1 Å². The van der Waals surface area contributed by atoms with Crippen LogP contribution in [-0.4, -0.2) is 41.8 Å². The van der Waals surface area contributed by atoms with Gasteiger partial charge in [0.1, 0.15) is 6.61 Å². The average molecular weight is 349 g/mol. The van der Waals surface area contributed by atoms with Crippen molar-refractivity contribution in [3.8, 4) is 11.5 Å². The number of aliphatic hydroxyl groups is 1. The quantitative estimate of drug-likeness (QED) is 0.799. The maximum Gasteiger partial charge on any atom is 0.255 e. The summed E-state index contributed by atoms with van der Waals surface area (Å²) in [6.45, 7) is -0.0260. The van der Waals surface area contributed by atoms with Crippen molar-refractivity contribution in [2.75, 3.05) is 31.9 Å². The van der Waals surface area contributed by atoms with Crippen LogP contribution in [-0.2, 0) is 10.8 Å². The number of anilines is 1. The number of hydrogen-bond acceptors (Lipinski definition) is 5. The molecular formula is C17H19NO5S. The maximum absolute atomic E-state index is 12.3. The molecule has 0 radical (unpaired) electrons. The molecule has 0 aliphatic heterocycles. The zero-order valence-electron chi connectivity index (χ0n) is 13.4. The fourth-order valence-corrected chi connectivity index (χ4v) is 2.54. The summed E-state index contributed by atoms with van der Waals surface area (Å²) in [5.74, 6) is 0.558. The van der Waals surface area contributed by atoms with Crippen LogP contribution in [0.15, 0.2) is 47.4 Å². The van der Waals surface area contributed by atoms with Crippen molar-refractivity contribution in [1.82, 2.24) is 0 Å². The predicted molar refractivity (Wildman–Crippen MR) is 92.3 cm³/mol. The van der Waals surface area contributed by atoms with Crippen molar-refractivity contribution < 1.29 is 23.6 Å². The Kier molecular flexibility index (Phi) is 6.34. The molecule has 128 valence electrons. The molecule has 0 aliphatic rings. The van der Waals surface area contributed by atoms with Crippen LogP contribution in [0.2, 0.25) is 0 Å². The van der Waals surface area contributed by atoms with E-state index in [0.29, 0.717) is 27.6 Å². The fourth-order valence-electron chi connectivity index (χ4n) is 2.02. The second-order valence-electron chi connectivity index (χ2n) is 4.87. The number of benzene rings is 2. The van der Waals surface area contributed by atoms with E-state index in [0.717, 1.165) is 0 Å². The lowest BCUT2D eigenvalue weighted by atomic mass is 10.2. The van der Waals surface area contributed by atoms with Crippen LogP contribution < -0.4 is 14.8 Å². The Balaban J connectivity index is 2.15. The summed E-state index contributed by atoms with van der Waals surface area (Å²) in [7, 11) is 0.440. The predicted octanol–water partition coefficient (Wildman–Crippen LogP) is 2.06. The monoisotopic (exact) mass is 349 g/mol. The van der Waals surface area contributed by atoms with E-state index in [1.165, 1.54) is 7.11 Å². The summed E-state index contributed by atoms with van der Waals surface area (Å²) in [5, 5.41) is 11.6. The summed E-state index contributed by atoms with van der Waals surface area (Å²) in [5.41, 5.74) is 0.995. The smallest absolute Gasteiger partial charge is 0.255 e. The number of amides is 1. The topological polar surface area (TPSA) is 84.9 Å². The molecule has 0 aliphatic carbocycles. The van der Waals surface area contributed by atoms with E-state index in [1.54, 1.807) is 48.7 Å². The van der Waals surface area contributed by atoms with Gasteiger partial charge in [0.05, 0.1) is 13.7 Å². The number of methoxy groups -OCH3 is 1. The summed E-state index contributed by atoms with van der Waals surface area (Å²) >= 11 is 0. The normalized spacial score (nSPS) is 11.6. The third-order valence-corrected chi connectivity index (χ3v) is 4.15. The molecule has 24 heavy (non-hydrogen) atoms. The number of carbonyl (C=O) groups excluding carboxylic acids is 1. The molecule has 0 saturated heterocycles. The van der Waals surface area contributed by atoms with E-state index in [4.69, 9.17) is 14.6 Å². The third kappa shape index (κ3) is 4.56. The highest BCUT2D eigenvalue weighted by Gasteiger charge is 2.12. The van der Waals surface area contributed by atoms with E-state index in [1.807, 2.05) is 0 Å². The van der Waals surface area contributed by atoms with E-state index >= 15 is 0 Å². The number of hydrogen-bond donors (Lipinski definition) is 2. The molecular weight excluding hydrogens is 330 g/mol. The van der Waals surface area contributed by atoms with Gasteiger partial charge in [0.2, 0.25) is 0 Å². The molecule has 0 aromatic heterocycles. The highest BCUT2D eigenvalue weighted by molar-refractivity contribution is 7.84. The molecule has 0 saturated carbocycles. The first-order valence-corrected chi connectivity index (χ1v) is 8.77. The molecule has 1 atom stereocenters. The Morgan fingerprint density at radius 1 is 1.17 bits per heavy atom. The molecule has 0 fully saturated rings. The highest BCUT2D eigenvalue weighted by Crippen LogP contribution is 2.28. The number of nitrogens with one attached hydrogen (secondary N) is 1. The Labute approximate surface area is 142 Å². The van der Waals surface area contributed by atoms with Gasteiger partial charge in [0, 0.05) is 33.2 Å². The van der Waals surface area contributed by atoms with Crippen LogP contribution in [0.5, 0.6) is 11.5 Å². The minimum Gasteiger partial charge on any atom is -0.493 e. The van der Waals surface area contributed by atoms with Gasteiger partial charge in [0.15, 0.2) is 11.5 Å². The lowest BCUT2D eigenvalue weighted by molar-refractivity contribution is 0.102. The van der Waals surface area contributed by atoms with Crippen LogP contribution in [0.3, 0.4) is 0 Å². The average Bonchev–Trinajstić information content (AvgIpc) is 2.60. The molecule has 1 unspecified atom stereocenters. The second-order valence-corrected chi connectivity index (χ2v) is 6.25. The van der Waals surface area contributed by atoms with Crippen LogP contribution in [0.4, 0.5) is 5.69 Å².